The predicted molar refractivity (Wildman–Crippen MR) is 208 cm³/mol. The minimum Gasteiger partial charge on any atom is -0.354 e. The molecule has 49 heavy (non-hydrogen) atoms. The van der Waals surface area contributed by atoms with Crippen LogP contribution in [0.1, 0.15) is 25.0 Å². The first-order valence-corrected chi connectivity index (χ1v) is 17.1. The van der Waals surface area contributed by atoms with E-state index >= 15 is 0 Å². The normalized spacial score (nSPS) is 13.3. The summed E-state index contributed by atoms with van der Waals surface area (Å²) in [4.78, 5) is 6.29. The molecule has 1 aliphatic rings. The number of rotatable bonds is 4. The van der Waals surface area contributed by atoms with E-state index in [4.69, 9.17) is 0 Å². The van der Waals surface area contributed by atoms with E-state index in [0.717, 1.165) is 28.1 Å². The molecule has 1 aliphatic carbocycles. The topological polar surface area (TPSA) is 19.0 Å². The second kappa shape index (κ2) is 10.4. The lowest BCUT2D eigenvalue weighted by Gasteiger charge is -2.27. The molecule has 1 N–H and O–H groups in total. The van der Waals surface area contributed by atoms with E-state index in [9.17, 15) is 0 Å². The zero-order valence-corrected chi connectivity index (χ0v) is 27.5. The Morgan fingerprint density at radius 3 is 1.76 bits per heavy atom. The number of nitrogens with one attached hydrogen (secondary N) is 1. The third-order valence-corrected chi connectivity index (χ3v) is 10.7. The SMILES string of the molecule is CC1(C)c2ccccc2-c2c(-c3cc(N(c4ccc5ccccc5c4)c4ccc5ccccc5c4)cc4c3[nH]c3ccccc34)cccc21. The maximum absolute atomic E-state index is 3.86. The highest BCUT2D eigenvalue weighted by Gasteiger charge is 2.37. The lowest BCUT2D eigenvalue weighted by atomic mass is 9.82. The average molecular weight is 627 g/mol. The Labute approximate surface area is 285 Å². The van der Waals surface area contributed by atoms with Gasteiger partial charge in [0.2, 0.25) is 0 Å². The van der Waals surface area contributed by atoms with Crippen LogP contribution < -0.4 is 4.90 Å². The van der Waals surface area contributed by atoms with Crippen molar-refractivity contribution in [2.24, 2.45) is 0 Å². The minimum atomic E-state index is -0.0820. The Morgan fingerprint density at radius 2 is 1.02 bits per heavy atom. The summed E-state index contributed by atoms with van der Waals surface area (Å²) in [5.41, 5.74) is 13.5. The molecule has 2 nitrogen and oxygen atoms in total. The zero-order chi connectivity index (χ0) is 32.7. The van der Waals surface area contributed by atoms with E-state index in [1.807, 2.05) is 0 Å². The second-order valence-corrected chi connectivity index (χ2v) is 13.9. The van der Waals surface area contributed by atoms with Crippen LogP contribution in [0.5, 0.6) is 0 Å². The van der Waals surface area contributed by atoms with Gasteiger partial charge >= 0.3 is 0 Å². The fraction of sp³-hybridized carbons (Fsp3) is 0.0638. The van der Waals surface area contributed by atoms with Crippen LogP contribution in [-0.2, 0) is 5.41 Å². The molecule has 232 valence electrons. The first-order chi connectivity index (χ1) is 24.0. The van der Waals surface area contributed by atoms with Gasteiger partial charge in [0.1, 0.15) is 0 Å². The molecule has 0 atom stereocenters. The van der Waals surface area contributed by atoms with Gasteiger partial charge in [-0.25, -0.2) is 0 Å². The van der Waals surface area contributed by atoms with Crippen molar-refractivity contribution in [2.75, 3.05) is 4.90 Å². The number of nitrogens with zero attached hydrogens (tertiary/aromatic N) is 1. The Kier molecular flexibility index (Phi) is 5.95. The number of hydrogen-bond acceptors (Lipinski definition) is 1. The standard InChI is InChI=1S/C47H34N2/c1-47(2)42-19-9-7-17-39(42)45-38(18-11-20-43(45)47)41-29-36(28-40-37-16-8-10-21-44(37)48-46(40)41)49(34-24-22-30-12-3-5-14-32(30)26-34)35-25-23-31-13-4-6-15-33(31)27-35/h3-29,48H,1-2H3. The molecule has 2 heteroatoms. The van der Waals surface area contributed by atoms with E-state index in [1.54, 1.807) is 0 Å². The summed E-state index contributed by atoms with van der Waals surface area (Å²) in [5.74, 6) is 0. The van der Waals surface area contributed by atoms with Crippen molar-refractivity contribution in [1.29, 1.82) is 0 Å². The van der Waals surface area contributed by atoms with E-state index < -0.39 is 0 Å². The molecule has 1 heterocycles. The molecule has 9 aromatic rings. The van der Waals surface area contributed by atoms with Gasteiger partial charge < -0.3 is 9.88 Å². The van der Waals surface area contributed by atoms with Gasteiger partial charge in [-0.1, -0.05) is 135 Å². The summed E-state index contributed by atoms with van der Waals surface area (Å²) >= 11 is 0. The zero-order valence-electron chi connectivity index (χ0n) is 27.5. The smallest absolute Gasteiger partial charge is 0.0546 e. The molecule has 8 aromatic carbocycles. The van der Waals surface area contributed by atoms with Crippen molar-refractivity contribution >= 4 is 60.4 Å². The van der Waals surface area contributed by atoms with Crippen LogP contribution in [0.4, 0.5) is 17.1 Å². The van der Waals surface area contributed by atoms with Crippen LogP contribution in [-0.4, -0.2) is 4.98 Å². The van der Waals surface area contributed by atoms with Gasteiger partial charge in [0.05, 0.1) is 5.52 Å². The molecule has 0 radical (unpaired) electrons. The first kappa shape index (κ1) is 27.9. The maximum Gasteiger partial charge on any atom is 0.0546 e. The molecule has 0 unspecified atom stereocenters. The monoisotopic (exact) mass is 626 g/mol. The number of hydrogen-bond donors (Lipinski definition) is 1. The van der Waals surface area contributed by atoms with Crippen molar-refractivity contribution < 1.29 is 0 Å². The first-order valence-electron chi connectivity index (χ1n) is 17.1. The lowest BCUT2D eigenvalue weighted by molar-refractivity contribution is 0.660. The van der Waals surface area contributed by atoms with Crippen LogP contribution in [0.2, 0.25) is 0 Å². The molecule has 1 aromatic heterocycles. The summed E-state index contributed by atoms with van der Waals surface area (Å²) in [6, 6.07) is 60.2. The number of fused-ring (bicyclic) bond motifs is 8. The molecular weight excluding hydrogens is 593 g/mol. The third-order valence-electron chi connectivity index (χ3n) is 10.7. The highest BCUT2D eigenvalue weighted by Crippen LogP contribution is 2.53. The highest BCUT2D eigenvalue weighted by atomic mass is 15.1. The van der Waals surface area contributed by atoms with Crippen molar-refractivity contribution in [2.45, 2.75) is 19.3 Å². The molecule has 10 rings (SSSR count). The van der Waals surface area contributed by atoms with E-state index in [0.29, 0.717) is 0 Å². The molecule has 0 aliphatic heterocycles. The molecule has 0 saturated heterocycles. The Balaban J connectivity index is 1.30. The highest BCUT2D eigenvalue weighted by molar-refractivity contribution is 6.15. The van der Waals surface area contributed by atoms with Gasteiger partial charge in [0.25, 0.3) is 0 Å². The molecule has 0 amide bonds. The van der Waals surface area contributed by atoms with Crippen LogP contribution in [0, 0.1) is 0 Å². The number of benzene rings is 8. The maximum atomic E-state index is 3.86. The lowest BCUT2D eigenvalue weighted by Crippen LogP contribution is -2.14. The van der Waals surface area contributed by atoms with Crippen LogP contribution >= 0.6 is 0 Å². The van der Waals surface area contributed by atoms with E-state index in [2.05, 4.69) is 188 Å². The Morgan fingerprint density at radius 1 is 0.429 bits per heavy atom. The predicted octanol–water partition coefficient (Wildman–Crippen LogP) is 13.1. The van der Waals surface area contributed by atoms with E-state index in [1.165, 1.54) is 65.7 Å². The van der Waals surface area contributed by atoms with Gasteiger partial charge in [-0.15, -0.1) is 0 Å². The summed E-state index contributed by atoms with van der Waals surface area (Å²) in [6.07, 6.45) is 0. The van der Waals surface area contributed by atoms with Crippen molar-refractivity contribution in [1.82, 2.24) is 4.98 Å². The fourth-order valence-electron chi connectivity index (χ4n) is 8.33. The second-order valence-electron chi connectivity index (χ2n) is 13.9. The van der Waals surface area contributed by atoms with Gasteiger partial charge in [-0.05, 0) is 91.8 Å². The molecule has 0 saturated carbocycles. The molecular formula is C47H34N2. The number of H-pyrrole nitrogens is 1. The van der Waals surface area contributed by atoms with Gasteiger partial charge in [-0.2, -0.15) is 0 Å². The Hall–Kier alpha value is -6.12. The third kappa shape index (κ3) is 4.20. The number of para-hydroxylation sites is 1. The largest absolute Gasteiger partial charge is 0.354 e. The van der Waals surface area contributed by atoms with Gasteiger partial charge in [0, 0.05) is 44.3 Å². The molecule has 0 bridgehead atoms. The number of aromatic nitrogens is 1. The van der Waals surface area contributed by atoms with Crippen LogP contribution in [0.15, 0.2) is 164 Å². The van der Waals surface area contributed by atoms with Crippen LogP contribution in [0.3, 0.4) is 0 Å². The number of aromatic amines is 1. The fourth-order valence-corrected chi connectivity index (χ4v) is 8.33. The molecule has 0 fully saturated rings. The van der Waals surface area contributed by atoms with Crippen LogP contribution in [0.25, 0.3) is 65.6 Å². The summed E-state index contributed by atoms with van der Waals surface area (Å²) in [5, 5.41) is 7.36. The summed E-state index contributed by atoms with van der Waals surface area (Å²) < 4.78 is 0. The summed E-state index contributed by atoms with van der Waals surface area (Å²) in [7, 11) is 0. The average Bonchev–Trinajstić information content (AvgIpc) is 3.63. The van der Waals surface area contributed by atoms with Crippen molar-refractivity contribution in [3.05, 3.63) is 175 Å². The minimum absolute atomic E-state index is 0.0820. The van der Waals surface area contributed by atoms with Gasteiger partial charge in [-0.3, -0.25) is 0 Å². The quantitative estimate of drug-likeness (QED) is 0.206. The van der Waals surface area contributed by atoms with E-state index in [-0.39, 0.29) is 5.41 Å². The van der Waals surface area contributed by atoms with Gasteiger partial charge in [0.15, 0.2) is 0 Å². The Bertz CT molecular complexity index is 2680. The molecule has 0 spiro atoms. The van der Waals surface area contributed by atoms with Crippen molar-refractivity contribution in [3.63, 3.8) is 0 Å². The number of anilines is 3. The summed E-state index contributed by atoms with van der Waals surface area (Å²) in [6.45, 7) is 4.72. The van der Waals surface area contributed by atoms with Crippen molar-refractivity contribution in [3.8, 4) is 22.3 Å².